The van der Waals surface area contributed by atoms with E-state index in [1.165, 1.54) is 20.1 Å². The summed E-state index contributed by atoms with van der Waals surface area (Å²) in [7, 11) is -3.75. The molecule has 1 saturated heterocycles. The number of rotatable bonds is 6. The fourth-order valence-electron chi connectivity index (χ4n) is 3.39. The molecule has 0 aliphatic carbocycles. The first-order chi connectivity index (χ1) is 15.1. The van der Waals surface area contributed by atoms with E-state index in [2.05, 4.69) is 61.3 Å². The Kier molecular flexibility index (Phi) is 7.92. The molecule has 8 nitrogen and oxygen atoms in total. The maximum absolute atomic E-state index is 12.8. The molecular weight excluding hydrogens is 487 g/mol. The van der Waals surface area contributed by atoms with Gasteiger partial charge < -0.3 is 15.6 Å². The van der Waals surface area contributed by atoms with Crippen LogP contribution in [0.3, 0.4) is 0 Å². The molecule has 2 aromatic heterocycles. The van der Waals surface area contributed by atoms with Gasteiger partial charge in [-0.2, -0.15) is 4.31 Å². The van der Waals surface area contributed by atoms with Crippen LogP contribution in [0, 0.1) is 19.8 Å². The highest BCUT2D eigenvalue weighted by Crippen LogP contribution is 2.41. The van der Waals surface area contributed by atoms with Crippen LogP contribution in [-0.4, -0.2) is 42.6 Å². The molecule has 1 aliphatic heterocycles. The highest BCUT2D eigenvalue weighted by atomic mass is 32.2. The van der Waals surface area contributed by atoms with Gasteiger partial charge in [0.15, 0.2) is 21.6 Å². The molecule has 0 amide bonds. The van der Waals surface area contributed by atoms with Crippen LogP contribution in [0.2, 0.25) is 0 Å². The largest absolute Gasteiger partial charge is 0.504 e. The number of hydrogen-bond acceptors (Lipinski definition) is 8. The van der Waals surface area contributed by atoms with Crippen molar-refractivity contribution in [1.29, 1.82) is 0 Å². The molecule has 4 N–H and O–H groups in total. The molecule has 32 heavy (non-hydrogen) atoms. The standard InChI is InChI=1S/C20H29N5O3S4/c1-11(2)16(15-9-12(3)13(4)31-15)23-18(21)19(24-29)22-14-10-30-20(17(14)26)32(27,28)25-7-5-6-8-25/h9-11,16,26,29H,5-8H2,1-4H3,(H2,21,23)(H,22,24)/t16-/m1/s1. The molecule has 1 atom stereocenters. The summed E-state index contributed by atoms with van der Waals surface area (Å²) in [4.78, 5) is 11.3. The molecule has 0 saturated carbocycles. The number of amidine groups is 2. The van der Waals surface area contributed by atoms with E-state index in [9.17, 15) is 13.5 Å². The number of aromatic hydroxyl groups is 1. The van der Waals surface area contributed by atoms with Crippen LogP contribution >= 0.6 is 35.5 Å². The van der Waals surface area contributed by atoms with Crippen molar-refractivity contribution in [3.8, 4) is 5.75 Å². The van der Waals surface area contributed by atoms with Gasteiger partial charge in [-0.1, -0.05) is 26.7 Å². The number of aryl methyl sites for hydroxylation is 2. The van der Waals surface area contributed by atoms with Crippen LogP contribution in [0.25, 0.3) is 0 Å². The zero-order valence-corrected chi connectivity index (χ0v) is 21.8. The molecule has 0 radical (unpaired) electrons. The minimum absolute atomic E-state index is 0.103. The summed E-state index contributed by atoms with van der Waals surface area (Å²) in [5.74, 6) is 0.0683. The first-order valence-electron chi connectivity index (χ1n) is 10.3. The van der Waals surface area contributed by atoms with Gasteiger partial charge in [-0.05, 0) is 44.2 Å². The number of nitrogens with one attached hydrogen (secondary N) is 1. The molecule has 176 valence electrons. The molecule has 0 aromatic carbocycles. The van der Waals surface area contributed by atoms with E-state index in [1.54, 1.807) is 11.3 Å². The highest BCUT2D eigenvalue weighted by Gasteiger charge is 2.32. The van der Waals surface area contributed by atoms with Gasteiger partial charge in [-0.25, -0.2) is 13.4 Å². The number of thiol groups is 1. The third-order valence-corrected chi connectivity index (χ3v) is 10.1. The summed E-state index contributed by atoms with van der Waals surface area (Å²) in [6, 6.07) is 1.95. The molecule has 12 heteroatoms. The monoisotopic (exact) mass is 515 g/mol. The Morgan fingerprint density at radius 1 is 1.31 bits per heavy atom. The third kappa shape index (κ3) is 5.14. The minimum atomic E-state index is -3.75. The van der Waals surface area contributed by atoms with Gasteiger partial charge in [0.25, 0.3) is 10.0 Å². The predicted molar refractivity (Wildman–Crippen MR) is 136 cm³/mol. The zero-order valence-electron chi connectivity index (χ0n) is 18.5. The van der Waals surface area contributed by atoms with E-state index in [4.69, 9.17) is 5.73 Å². The Labute approximate surface area is 202 Å². The van der Waals surface area contributed by atoms with Crippen LogP contribution in [0.4, 0.5) is 5.69 Å². The molecule has 0 spiro atoms. The van der Waals surface area contributed by atoms with E-state index >= 15 is 0 Å². The quantitative estimate of drug-likeness (QED) is 0.262. The molecule has 1 fully saturated rings. The second-order valence-corrected chi connectivity index (χ2v) is 12.6. The van der Waals surface area contributed by atoms with Crippen LogP contribution in [0.1, 0.15) is 48.0 Å². The smallest absolute Gasteiger partial charge is 0.256 e. The summed E-state index contributed by atoms with van der Waals surface area (Å²) in [6.45, 7) is 9.19. The van der Waals surface area contributed by atoms with Crippen molar-refractivity contribution in [1.82, 2.24) is 9.03 Å². The molecule has 0 unspecified atom stereocenters. The van der Waals surface area contributed by atoms with Crippen molar-refractivity contribution in [2.75, 3.05) is 13.1 Å². The Morgan fingerprint density at radius 2 is 1.97 bits per heavy atom. The van der Waals surface area contributed by atoms with Gasteiger partial charge in [0.05, 0.1) is 6.04 Å². The molecule has 3 heterocycles. The molecule has 2 aromatic rings. The third-order valence-electron chi connectivity index (χ3n) is 5.32. The van der Waals surface area contributed by atoms with Crippen LogP contribution < -0.4 is 10.5 Å². The Hall–Kier alpha value is -1.60. The summed E-state index contributed by atoms with van der Waals surface area (Å²) < 4.78 is 29.5. The van der Waals surface area contributed by atoms with Gasteiger partial charge in [0.1, 0.15) is 5.69 Å². The number of hydrogen-bond donors (Lipinski definition) is 4. The van der Waals surface area contributed by atoms with E-state index < -0.39 is 10.0 Å². The SMILES string of the molecule is Cc1cc([C@H](N=C(N)C(=Nc2csc(S(=O)(=O)N3CCCC3)c2O)NS)C(C)C)sc1C. The second-order valence-electron chi connectivity index (χ2n) is 8.03. The number of nitrogens with zero attached hydrogens (tertiary/aromatic N) is 3. The Bertz CT molecular complexity index is 1110. The zero-order chi connectivity index (χ0) is 23.6. The lowest BCUT2D eigenvalue weighted by molar-refractivity contribution is 0.450. The number of sulfonamides is 1. The number of aliphatic imine (C=N–C) groups is 2. The van der Waals surface area contributed by atoms with E-state index in [1.807, 2.05) is 0 Å². The molecular formula is C20H29N5O3S4. The average molecular weight is 516 g/mol. The predicted octanol–water partition coefficient (Wildman–Crippen LogP) is 4.14. The van der Waals surface area contributed by atoms with E-state index in [0.29, 0.717) is 13.1 Å². The Balaban J connectivity index is 1.93. The second kappa shape index (κ2) is 10.1. The molecule has 3 rings (SSSR count). The summed E-state index contributed by atoms with van der Waals surface area (Å²) in [5, 5.41) is 12.1. The van der Waals surface area contributed by atoms with Gasteiger partial charge in [0, 0.05) is 28.2 Å². The maximum atomic E-state index is 12.8. The summed E-state index contributed by atoms with van der Waals surface area (Å²) >= 11 is 6.71. The first-order valence-corrected chi connectivity index (χ1v) is 13.8. The Morgan fingerprint density at radius 3 is 2.50 bits per heavy atom. The van der Waals surface area contributed by atoms with Crippen molar-refractivity contribution in [3.05, 3.63) is 26.8 Å². The lowest BCUT2D eigenvalue weighted by atomic mass is 10.0. The summed E-state index contributed by atoms with van der Waals surface area (Å²) in [6.07, 6.45) is 1.63. The minimum Gasteiger partial charge on any atom is -0.504 e. The van der Waals surface area contributed by atoms with Gasteiger partial charge in [-0.3, -0.25) is 4.99 Å². The molecule has 0 bridgehead atoms. The van der Waals surface area contributed by atoms with Gasteiger partial charge >= 0.3 is 0 Å². The number of nitrogens with two attached hydrogens (primary N) is 1. The van der Waals surface area contributed by atoms with Crippen molar-refractivity contribution >= 4 is 62.9 Å². The van der Waals surface area contributed by atoms with E-state index in [-0.39, 0.29) is 39.3 Å². The van der Waals surface area contributed by atoms with Gasteiger partial charge in [0.2, 0.25) is 0 Å². The lowest BCUT2D eigenvalue weighted by Crippen LogP contribution is -2.32. The van der Waals surface area contributed by atoms with Crippen molar-refractivity contribution in [2.24, 2.45) is 21.6 Å². The van der Waals surface area contributed by atoms with Crippen LogP contribution in [0.15, 0.2) is 25.6 Å². The molecule has 1 aliphatic rings. The lowest BCUT2D eigenvalue weighted by Gasteiger charge is -2.16. The van der Waals surface area contributed by atoms with Crippen molar-refractivity contribution in [2.45, 2.75) is 50.8 Å². The fraction of sp³-hybridized carbons (Fsp3) is 0.500. The fourth-order valence-corrected chi connectivity index (χ4v) is 7.68. The normalized spacial score (nSPS) is 17.3. The van der Waals surface area contributed by atoms with Crippen molar-refractivity contribution < 1.29 is 13.5 Å². The van der Waals surface area contributed by atoms with E-state index in [0.717, 1.165) is 29.1 Å². The van der Waals surface area contributed by atoms with Crippen LogP contribution in [-0.2, 0) is 10.0 Å². The average Bonchev–Trinajstić information content (AvgIpc) is 3.46. The summed E-state index contributed by atoms with van der Waals surface area (Å²) in [5.41, 5.74) is 7.56. The first kappa shape index (κ1) is 25.0. The van der Waals surface area contributed by atoms with Crippen molar-refractivity contribution in [3.63, 3.8) is 0 Å². The number of thiophene rings is 2. The topological polar surface area (TPSA) is 120 Å². The maximum Gasteiger partial charge on any atom is 0.256 e. The van der Waals surface area contributed by atoms with Crippen LogP contribution in [0.5, 0.6) is 5.75 Å². The highest BCUT2D eigenvalue weighted by molar-refractivity contribution is 7.91. The van der Waals surface area contributed by atoms with Gasteiger partial charge in [-0.15, -0.1) is 22.7 Å².